The highest BCUT2D eigenvalue weighted by molar-refractivity contribution is 6.45. The minimum Gasteiger partial charge on any atom is -0.362 e. The Morgan fingerprint density at radius 1 is 0.882 bits per heavy atom. The fourth-order valence-corrected chi connectivity index (χ4v) is 4.08. The van der Waals surface area contributed by atoms with Crippen molar-refractivity contribution in [2.75, 3.05) is 16.8 Å². The SMILES string of the molecule is CCN(Cc1ccccc1)C1=C(c2ccc(NC(C)=O)cc2)C(=O)N(c2ccc(C)cc2)C1=O. The zero-order valence-corrected chi connectivity index (χ0v) is 19.5. The van der Waals surface area contributed by atoms with Crippen LogP contribution in [0.1, 0.15) is 30.5 Å². The number of hydrogen-bond acceptors (Lipinski definition) is 4. The summed E-state index contributed by atoms with van der Waals surface area (Å²) in [6, 6.07) is 24.2. The number of nitrogens with one attached hydrogen (secondary N) is 1. The van der Waals surface area contributed by atoms with Crippen molar-refractivity contribution >= 4 is 34.7 Å². The molecular formula is C28H27N3O3. The maximum atomic E-state index is 13.7. The Balaban J connectivity index is 1.80. The topological polar surface area (TPSA) is 69.7 Å². The summed E-state index contributed by atoms with van der Waals surface area (Å²) in [6.45, 7) is 6.43. The molecule has 1 aliphatic rings. The first kappa shape index (κ1) is 23.0. The molecule has 3 aromatic rings. The van der Waals surface area contributed by atoms with Crippen molar-refractivity contribution in [2.45, 2.75) is 27.3 Å². The first-order valence-corrected chi connectivity index (χ1v) is 11.3. The number of anilines is 2. The highest BCUT2D eigenvalue weighted by Gasteiger charge is 2.42. The van der Waals surface area contributed by atoms with E-state index in [0.29, 0.717) is 41.3 Å². The molecule has 1 aliphatic heterocycles. The van der Waals surface area contributed by atoms with Gasteiger partial charge in [-0.1, -0.05) is 60.2 Å². The smallest absolute Gasteiger partial charge is 0.282 e. The summed E-state index contributed by atoms with van der Waals surface area (Å²) in [4.78, 5) is 42.0. The zero-order chi connectivity index (χ0) is 24.2. The first-order chi connectivity index (χ1) is 16.4. The Morgan fingerprint density at radius 3 is 2.12 bits per heavy atom. The number of aryl methyl sites for hydroxylation is 1. The van der Waals surface area contributed by atoms with Crippen LogP contribution in [0.3, 0.4) is 0 Å². The fraction of sp³-hybridized carbons (Fsp3) is 0.179. The van der Waals surface area contributed by atoms with Gasteiger partial charge >= 0.3 is 0 Å². The number of likely N-dealkylation sites (N-methyl/N-ethyl adjacent to an activating group) is 1. The second kappa shape index (κ2) is 9.75. The predicted octanol–water partition coefficient (Wildman–Crippen LogP) is 4.76. The molecule has 6 nitrogen and oxygen atoms in total. The van der Waals surface area contributed by atoms with Gasteiger partial charge in [-0.25, -0.2) is 4.90 Å². The molecule has 0 unspecified atom stereocenters. The molecule has 0 fully saturated rings. The van der Waals surface area contributed by atoms with Crippen LogP contribution in [-0.4, -0.2) is 29.2 Å². The van der Waals surface area contributed by atoms with Crippen LogP contribution in [-0.2, 0) is 20.9 Å². The molecule has 0 radical (unpaired) electrons. The van der Waals surface area contributed by atoms with Crippen molar-refractivity contribution in [1.29, 1.82) is 0 Å². The van der Waals surface area contributed by atoms with Crippen molar-refractivity contribution in [2.24, 2.45) is 0 Å². The van der Waals surface area contributed by atoms with Crippen LogP contribution in [0, 0.1) is 6.92 Å². The lowest BCUT2D eigenvalue weighted by molar-refractivity contribution is -0.121. The zero-order valence-electron chi connectivity index (χ0n) is 19.5. The Hall–Kier alpha value is -4.19. The molecule has 0 saturated heterocycles. The number of rotatable bonds is 7. The fourth-order valence-electron chi connectivity index (χ4n) is 4.08. The maximum absolute atomic E-state index is 13.7. The standard InChI is InChI=1S/C28H27N3O3/c1-4-30(18-21-8-6-5-7-9-21)26-25(22-12-14-23(15-13-22)29-20(3)32)27(33)31(28(26)34)24-16-10-19(2)11-17-24/h5-17H,4,18H2,1-3H3,(H,29,32). The minimum absolute atomic E-state index is 0.176. The molecular weight excluding hydrogens is 426 g/mol. The van der Waals surface area contributed by atoms with E-state index in [1.165, 1.54) is 11.8 Å². The third kappa shape index (κ3) is 4.62. The highest BCUT2D eigenvalue weighted by Crippen LogP contribution is 2.35. The predicted molar refractivity (Wildman–Crippen MR) is 134 cm³/mol. The molecule has 0 atom stereocenters. The van der Waals surface area contributed by atoms with Gasteiger partial charge < -0.3 is 10.2 Å². The van der Waals surface area contributed by atoms with Crippen LogP contribution < -0.4 is 10.2 Å². The van der Waals surface area contributed by atoms with Gasteiger partial charge in [0.15, 0.2) is 0 Å². The summed E-state index contributed by atoms with van der Waals surface area (Å²) in [7, 11) is 0. The summed E-state index contributed by atoms with van der Waals surface area (Å²) in [5, 5.41) is 2.73. The number of imide groups is 1. The van der Waals surface area contributed by atoms with Gasteiger partial charge in [-0.3, -0.25) is 14.4 Å². The van der Waals surface area contributed by atoms with Crippen LogP contribution in [0.25, 0.3) is 5.57 Å². The van der Waals surface area contributed by atoms with Gasteiger partial charge in [0.2, 0.25) is 5.91 Å². The van der Waals surface area contributed by atoms with E-state index >= 15 is 0 Å². The Bertz CT molecular complexity index is 1250. The van der Waals surface area contributed by atoms with Crippen molar-refractivity contribution in [3.05, 3.63) is 101 Å². The van der Waals surface area contributed by atoms with E-state index in [0.717, 1.165) is 11.1 Å². The molecule has 172 valence electrons. The second-order valence-corrected chi connectivity index (χ2v) is 8.26. The molecule has 1 heterocycles. The van der Waals surface area contributed by atoms with Crippen LogP contribution in [0.5, 0.6) is 0 Å². The van der Waals surface area contributed by atoms with Gasteiger partial charge in [0.1, 0.15) is 5.70 Å². The summed E-state index contributed by atoms with van der Waals surface area (Å²) in [5.41, 5.74) is 4.63. The van der Waals surface area contributed by atoms with Crippen LogP contribution >= 0.6 is 0 Å². The van der Waals surface area contributed by atoms with Crippen LogP contribution in [0.15, 0.2) is 84.6 Å². The van der Waals surface area contributed by atoms with Gasteiger partial charge in [-0.15, -0.1) is 0 Å². The lowest BCUT2D eigenvalue weighted by Crippen LogP contribution is -2.35. The van der Waals surface area contributed by atoms with E-state index in [4.69, 9.17) is 0 Å². The van der Waals surface area contributed by atoms with E-state index < -0.39 is 0 Å². The lowest BCUT2D eigenvalue weighted by Gasteiger charge is -2.25. The van der Waals surface area contributed by atoms with Gasteiger partial charge in [0, 0.05) is 25.7 Å². The average Bonchev–Trinajstić information content (AvgIpc) is 3.09. The van der Waals surface area contributed by atoms with Crippen molar-refractivity contribution in [1.82, 2.24) is 4.90 Å². The Kier molecular flexibility index (Phi) is 6.59. The number of benzene rings is 3. The number of hydrogen-bond donors (Lipinski definition) is 1. The number of nitrogens with zero attached hydrogens (tertiary/aromatic N) is 2. The Morgan fingerprint density at radius 2 is 1.53 bits per heavy atom. The third-order valence-corrected chi connectivity index (χ3v) is 5.76. The maximum Gasteiger partial charge on any atom is 0.282 e. The molecule has 0 bridgehead atoms. The van der Waals surface area contributed by atoms with Crippen molar-refractivity contribution in [3.63, 3.8) is 0 Å². The summed E-state index contributed by atoms with van der Waals surface area (Å²) in [6.07, 6.45) is 0. The quantitative estimate of drug-likeness (QED) is 0.524. The lowest BCUT2D eigenvalue weighted by atomic mass is 10.0. The largest absolute Gasteiger partial charge is 0.362 e. The molecule has 4 rings (SSSR count). The summed E-state index contributed by atoms with van der Waals surface area (Å²) >= 11 is 0. The van der Waals surface area contributed by atoms with E-state index in [-0.39, 0.29) is 17.7 Å². The number of carbonyl (C=O) groups is 3. The summed E-state index contributed by atoms with van der Waals surface area (Å²) in [5.74, 6) is -0.874. The van der Waals surface area contributed by atoms with Gasteiger partial charge in [0.05, 0.1) is 11.3 Å². The molecule has 34 heavy (non-hydrogen) atoms. The molecule has 0 spiro atoms. The monoisotopic (exact) mass is 453 g/mol. The summed E-state index contributed by atoms with van der Waals surface area (Å²) < 4.78 is 0. The Labute approximate surface area is 199 Å². The normalized spacial score (nSPS) is 13.4. The molecule has 0 saturated carbocycles. The molecule has 0 aliphatic carbocycles. The first-order valence-electron chi connectivity index (χ1n) is 11.3. The number of carbonyl (C=O) groups excluding carboxylic acids is 3. The molecule has 1 N–H and O–H groups in total. The molecule has 3 amide bonds. The molecule has 6 heteroatoms. The van der Waals surface area contributed by atoms with E-state index in [9.17, 15) is 14.4 Å². The third-order valence-electron chi connectivity index (χ3n) is 5.76. The van der Waals surface area contributed by atoms with E-state index in [2.05, 4.69) is 5.32 Å². The molecule has 3 aromatic carbocycles. The number of amides is 3. The van der Waals surface area contributed by atoms with E-state index in [1.807, 2.05) is 61.2 Å². The van der Waals surface area contributed by atoms with Crippen molar-refractivity contribution in [3.8, 4) is 0 Å². The van der Waals surface area contributed by atoms with E-state index in [1.54, 1.807) is 36.4 Å². The average molecular weight is 454 g/mol. The van der Waals surface area contributed by atoms with Crippen LogP contribution in [0.2, 0.25) is 0 Å². The van der Waals surface area contributed by atoms with Gasteiger partial charge in [-0.05, 0) is 49.2 Å². The van der Waals surface area contributed by atoms with Crippen molar-refractivity contribution < 1.29 is 14.4 Å². The second-order valence-electron chi connectivity index (χ2n) is 8.26. The highest BCUT2D eigenvalue weighted by atomic mass is 16.2. The van der Waals surface area contributed by atoms with Gasteiger partial charge in [-0.2, -0.15) is 0 Å². The molecule has 0 aromatic heterocycles. The minimum atomic E-state index is -0.359. The van der Waals surface area contributed by atoms with Gasteiger partial charge in [0.25, 0.3) is 11.8 Å². The van der Waals surface area contributed by atoms with Crippen LogP contribution in [0.4, 0.5) is 11.4 Å².